The van der Waals surface area contributed by atoms with Gasteiger partial charge in [0.2, 0.25) is 0 Å². The number of aryl methyl sites for hydroxylation is 2. The molecule has 0 aromatic carbocycles. The van der Waals surface area contributed by atoms with Gasteiger partial charge in [0.1, 0.15) is 28.0 Å². The molecule has 0 amide bonds. The fourth-order valence-electron chi connectivity index (χ4n) is 3.20. The molecule has 0 saturated carbocycles. The van der Waals surface area contributed by atoms with Crippen molar-refractivity contribution in [3.05, 3.63) is 47.6 Å². The van der Waals surface area contributed by atoms with Crippen LogP contribution in [0.2, 0.25) is 0 Å². The smallest absolute Gasteiger partial charge is 0.252 e. The lowest BCUT2D eigenvalue weighted by Gasteiger charge is -2.34. The first-order valence-corrected chi connectivity index (χ1v) is 11.4. The SMILES string of the molecule is CCc1ccc(S(=O)(=O)N2CCN(c3cc(-n4ccnc4)nc(C)n3)CC2)s1. The molecule has 4 heterocycles. The Morgan fingerprint density at radius 1 is 1.11 bits per heavy atom. The molecule has 0 spiro atoms. The zero-order valence-corrected chi connectivity index (χ0v) is 17.4. The van der Waals surface area contributed by atoms with Crippen molar-refractivity contribution in [3.8, 4) is 5.82 Å². The summed E-state index contributed by atoms with van der Waals surface area (Å²) in [6, 6.07) is 5.52. The number of thiophene rings is 1. The largest absolute Gasteiger partial charge is 0.354 e. The first-order valence-electron chi connectivity index (χ1n) is 9.15. The maximum Gasteiger partial charge on any atom is 0.252 e. The van der Waals surface area contributed by atoms with Crippen molar-refractivity contribution < 1.29 is 8.42 Å². The van der Waals surface area contributed by atoms with Crippen LogP contribution in [0.15, 0.2) is 41.1 Å². The molecule has 10 heteroatoms. The van der Waals surface area contributed by atoms with E-state index in [-0.39, 0.29) is 0 Å². The minimum atomic E-state index is -3.43. The Morgan fingerprint density at radius 3 is 2.50 bits per heavy atom. The van der Waals surface area contributed by atoms with E-state index in [4.69, 9.17) is 0 Å². The highest BCUT2D eigenvalue weighted by Crippen LogP contribution is 2.27. The molecule has 0 aliphatic carbocycles. The van der Waals surface area contributed by atoms with E-state index in [1.54, 1.807) is 22.9 Å². The van der Waals surface area contributed by atoms with Gasteiger partial charge in [0.25, 0.3) is 10.0 Å². The molecular weight excluding hydrogens is 396 g/mol. The lowest BCUT2D eigenvalue weighted by molar-refractivity contribution is 0.384. The van der Waals surface area contributed by atoms with Crippen LogP contribution in [0.1, 0.15) is 17.6 Å². The third-order valence-electron chi connectivity index (χ3n) is 4.72. The predicted octanol–water partition coefficient (Wildman–Crippen LogP) is 2.11. The maximum atomic E-state index is 12.9. The number of nitrogens with zero attached hydrogens (tertiary/aromatic N) is 6. The number of anilines is 1. The van der Waals surface area contributed by atoms with Crippen LogP contribution < -0.4 is 4.90 Å². The Bertz CT molecular complexity index is 1050. The van der Waals surface area contributed by atoms with Gasteiger partial charge in [-0.25, -0.2) is 23.4 Å². The van der Waals surface area contributed by atoms with Crippen LogP contribution in [-0.4, -0.2) is 58.4 Å². The monoisotopic (exact) mass is 418 g/mol. The molecular formula is C18H22N6O2S2. The Balaban J connectivity index is 1.50. The normalized spacial score (nSPS) is 15.9. The Kier molecular flexibility index (Phi) is 5.17. The molecule has 0 unspecified atom stereocenters. The molecule has 0 radical (unpaired) electrons. The van der Waals surface area contributed by atoms with Crippen molar-refractivity contribution in [2.24, 2.45) is 0 Å². The molecule has 28 heavy (non-hydrogen) atoms. The summed E-state index contributed by atoms with van der Waals surface area (Å²) < 4.78 is 29.6. The molecule has 1 fully saturated rings. The maximum absolute atomic E-state index is 12.9. The van der Waals surface area contributed by atoms with Gasteiger partial charge < -0.3 is 4.90 Å². The molecule has 1 aliphatic rings. The molecule has 0 N–H and O–H groups in total. The number of sulfonamides is 1. The Morgan fingerprint density at radius 2 is 1.86 bits per heavy atom. The molecule has 4 rings (SSSR count). The first kappa shape index (κ1) is 19.0. The summed E-state index contributed by atoms with van der Waals surface area (Å²) >= 11 is 1.36. The van der Waals surface area contributed by atoms with Gasteiger partial charge in [0, 0.05) is 49.5 Å². The average Bonchev–Trinajstić information content (AvgIpc) is 3.39. The number of imidazole rings is 1. The Labute approximate surface area is 168 Å². The highest BCUT2D eigenvalue weighted by molar-refractivity contribution is 7.91. The van der Waals surface area contributed by atoms with E-state index in [0.29, 0.717) is 36.2 Å². The molecule has 3 aromatic rings. The summed E-state index contributed by atoms with van der Waals surface area (Å²) in [6.45, 7) is 5.93. The van der Waals surface area contributed by atoms with Crippen molar-refractivity contribution in [2.45, 2.75) is 24.5 Å². The van der Waals surface area contributed by atoms with Crippen LogP contribution in [0.3, 0.4) is 0 Å². The van der Waals surface area contributed by atoms with Gasteiger partial charge >= 0.3 is 0 Å². The van der Waals surface area contributed by atoms with Crippen LogP contribution in [0, 0.1) is 6.92 Å². The van der Waals surface area contributed by atoms with Crippen LogP contribution in [0.25, 0.3) is 5.82 Å². The highest BCUT2D eigenvalue weighted by Gasteiger charge is 2.30. The number of piperazine rings is 1. The molecule has 3 aromatic heterocycles. The predicted molar refractivity (Wildman–Crippen MR) is 109 cm³/mol. The van der Waals surface area contributed by atoms with Gasteiger partial charge in [-0.3, -0.25) is 4.57 Å². The average molecular weight is 419 g/mol. The third-order valence-corrected chi connectivity index (χ3v) is 8.32. The summed E-state index contributed by atoms with van der Waals surface area (Å²) in [5, 5.41) is 0. The third kappa shape index (κ3) is 3.67. The summed E-state index contributed by atoms with van der Waals surface area (Å²) in [5.41, 5.74) is 0. The van der Waals surface area contributed by atoms with Crippen LogP contribution in [0.4, 0.5) is 5.82 Å². The second-order valence-corrected chi connectivity index (χ2v) is 9.90. The van der Waals surface area contributed by atoms with Crippen molar-refractivity contribution in [1.82, 2.24) is 23.8 Å². The quantitative estimate of drug-likeness (QED) is 0.631. The second-order valence-electron chi connectivity index (χ2n) is 6.57. The summed E-state index contributed by atoms with van der Waals surface area (Å²) in [4.78, 5) is 16.2. The standard InChI is InChI=1S/C18H22N6O2S2/c1-3-15-4-5-18(27-15)28(25,26)24-10-8-22(9-11-24)16-12-17(21-14(2)20-16)23-7-6-19-13-23/h4-7,12-13H,3,8-11H2,1-2H3. The molecule has 1 saturated heterocycles. The van der Waals surface area contributed by atoms with Gasteiger partial charge in [-0.2, -0.15) is 4.31 Å². The van der Waals surface area contributed by atoms with E-state index in [9.17, 15) is 8.42 Å². The lowest BCUT2D eigenvalue weighted by Crippen LogP contribution is -2.48. The summed E-state index contributed by atoms with van der Waals surface area (Å²) in [7, 11) is -3.43. The molecule has 0 bridgehead atoms. The molecule has 0 atom stereocenters. The molecule has 148 valence electrons. The second kappa shape index (κ2) is 7.61. The van der Waals surface area contributed by atoms with Crippen molar-refractivity contribution in [2.75, 3.05) is 31.1 Å². The van der Waals surface area contributed by atoms with Crippen molar-refractivity contribution in [3.63, 3.8) is 0 Å². The van der Waals surface area contributed by atoms with Gasteiger partial charge in [-0.1, -0.05) is 6.92 Å². The number of rotatable bonds is 5. The highest BCUT2D eigenvalue weighted by atomic mass is 32.2. The van der Waals surface area contributed by atoms with E-state index < -0.39 is 10.0 Å². The van der Waals surface area contributed by atoms with Crippen LogP contribution in [-0.2, 0) is 16.4 Å². The van der Waals surface area contributed by atoms with E-state index in [1.807, 2.05) is 36.7 Å². The number of aromatic nitrogens is 4. The van der Waals surface area contributed by atoms with Crippen LogP contribution in [0.5, 0.6) is 0 Å². The van der Waals surface area contributed by atoms with E-state index in [0.717, 1.165) is 22.9 Å². The number of hydrogen-bond donors (Lipinski definition) is 0. The van der Waals surface area contributed by atoms with Gasteiger partial charge in [0.15, 0.2) is 0 Å². The zero-order chi connectivity index (χ0) is 19.7. The van der Waals surface area contributed by atoms with Gasteiger partial charge in [-0.15, -0.1) is 11.3 Å². The van der Waals surface area contributed by atoms with Gasteiger partial charge in [0.05, 0.1) is 0 Å². The lowest BCUT2D eigenvalue weighted by atomic mass is 10.3. The van der Waals surface area contributed by atoms with E-state index in [1.165, 1.54) is 11.3 Å². The minimum absolute atomic E-state index is 0.429. The van der Waals surface area contributed by atoms with Crippen LogP contribution >= 0.6 is 11.3 Å². The fraction of sp³-hybridized carbons (Fsp3) is 0.389. The van der Waals surface area contributed by atoms with E-state index >= 15 is 0 Å². The summed E-state index contributed by atoms with van der Waals surface area (Å²) in [5.74, 6) is 2.22. The minimum Gasteiger partial charge on any atom is -0.354 e. The Hall–Kier alpha value is -2.30. The molecule has 1 aliphatic heterocycles. The molecule has 8 nitrogen and oxygen atoms in total. The summed E-state index contributed by atoms with van der Waals surface area (Å²) in [6.07, 6.45) is 6.08. The van der Waals surface area contributed by atoms with Crippen molar-refractivity contribution in [1.29, 1.82) is 0 Å². The topological polar surface area (TPSA) is 84.2 Å². The number of hydrogen-bond acceptors (Lipinski definition) is 7. The van der Waals surface area contributed by atoms with Gasteiger partial charge in [-0.05, 0) is 25.5 Å². The van der Waals surface area contributed by atoms with Crippen molar-refractivity contribution >= 4 is 27.2 Å². The first-order chi connectivity index (χ1) is 13.5. The van der Waals surface area contributed by atoms with E-state index in [2.05, 4.69) is 19.9 Å². The zero-order valence-electron chi connectivity index (χ0n) is 15.8. The fourth-order valence-corrected chi connectivity index (χ4v) is 6.07.